The number of hydrogen-bond donors (Lipinski definition) is 0. The topological polar surface area (TPSA) is 74.8 Å². The third kappa shape index (κ3) is 1.97. The van der Waals surface area contributed by atoms with Gasteiger partial charge in [0, 0.05) is 24.3 Å². The van der Waals surface area contributed by atoms with Crippen molar-refractivity contribution >= 4 is 35.0 Å². The van der Waals surface area contributed by atoms with E-state index in [0.717, 1.165) is 9.80 Å². The van der Waals surface area contributed by atoms with Crippen molar-refractivity contribution in [1.29, 1.82) is 0 Å². The van der Waals surface area contributed by atoms with Gasteiger partial charge >= 0.3 is 0 Å². The molecule has 0 bridgehead atoms. The number of amides is 4. The maximum atomic E-state index is 11.7. The fourth-order valence-electron chi connectivity index (χ4n) is 2.32. The summed E-state index contributed by atoms with van der Waals surface area (Å²) in [5.41, 5.74) is 1.46. The molecule has 0 saturated carbocycles. The van der Waals surface area contributed by atoms with E-state index in [1.807, 2.05) is 0 Å². The lowest BCUT2D eigenvalue weighted by molar-refractivity contribution is -0.121. The average Bonchev–Trinajstić information content (AvgIpc) is 2.94. The van der Waals surface area contributed by atoms with Crippen LogP contribution in [0.15, 0.2) is 42.5 Å². The van der Waals surface area contributed by atoms with Gasteiger partial charge < -0.3 is 0 Å². The van der Waals surface area contributed by atoms with Crippen molar-refractivity contribution in [3.8, 4) is 0 Å². The van der Waals surface area contributed by atoms with Gasteiger partial charge in [0.1, 0.15) is 0 Å². The van der Waals surface area contributed by atoms with Crippen LogP contribution >= 0.6 is 0 Å². The van der Waals surface area contributed by atoms with E-state index in [-0.39, 0.29) is 0 Å². The number of carbonyl (C=O) groups excluding carboxylic acids is 4. The van der Waals surface area contributed by atoms with Crippen molar-refractivity contribution in [3.05, 3.63) is 48.1 Å². The summed E-state index contributed by atoms with van der Waals surface area (Å²) in [6.45, 7) is 1.70. The van der Waals surface area contributed by atoms with E-state index in [4.69, 9.17) is 0 Å². The Labute approximate surface area is 119 Å². The van der Waals surface area contributed by atoms with Crippen molar-refractivity contribution in [2.24, 2.45) is 0 Å². The van der Waals surface area contributed by atoms with Crippen molar-refractivity contribution in [3.63, 3.8) is 0 Å². The molecule has 0 atom stereocenters. The summed E-state index contributed by atoms with van der Waals surface area (Å²) in [7, 11) is 0. The first-order valence-corrected chi connectivity index (χ1v) is 6.22. The van der Waals surface area contributed by atoms with Crippen LogP contribution in [0, 0.1) is 6.92 Å². The summed E-state index contributed by atoms with van der Waals surface area (Å²) < 4.78 is 0. The highest BCUT2D eigenvalue weighted by atomic mass is 16.2. The zero-order valence-corrected chi connectivity index (χ0v) is 11.1. The van der Waals surface area contributed by atoms with Crippen LogP contribution in [0.25, 0.3) is 0 Å². The highest BCUT2D eigenvalue weighted by Gasteiger charge is 2.29. The third-order valence-electron chi connectivity index (χ3n) is 3.30. The van der Waals surface area contributed by atoms with E-state index in [0.29, 0.717) is 16.9 Å². The molecule has 1 aromatic carbocycles. The molecule has 0 N–H and O–H groups in total. The molecule has 0 aliphatic carbocycles. The number of benzene rings is 1. The van der Waals surface area contributed by atoms with Gasteiger partial charge in [0.15, 0.2) is 0 Å². The van der Waals surface area contributed by atoms with Crippen LogP contribution in [-0.2, 0) is 19.2 Å². The first kappa shape index (κ1) is 13.0. The van der Waals surface area contributed by atoms with E-state index in [1.165, 1.54) is 30.4 Å². The molecule has 0 spiro atoms. The molecule has 6 nitrogen and oxygen atoms in total. The van der Waals surface area contributed by atoms with Gasteiger partial charge in [0.05, 0.1) is 11.4 Å². The van der Waals surface area contributed by atoms with Crippen LogP contribution in [0.2, 0.25) is 0 Å². The maximum absolute atomic E-state index is 11.7. The fourth-order valence-corrected chi connectivity index (χ4v) is 2.32. The van der Waals surface area contributed by atoms with Crippen LogP contribution in [0.5, 0.6) is 0 Å². The SMILES string of the molecule is Cc1cc(N2C(=O)C=CC2=O)ccc1N1C(=O)C=CC1=O. The summed E-state index contributed by atoms with van der Waals surface area (Å²) in [5.74, 6) is -1.65. The van der Waals surface area contributed by atoms with Crippen molar-refractivity contribution in [1.82, 2.24) is 0 Å². The van der Waals surface area contributed by atoms with Gasteiger partial charge in [-0.15, -0.1) is 0 Å². The van der Waals surface area contributed by atoms with Crippen LogP contribution < -0.4 is 9.80 Å². The minimum absolute atomic E-state index is 0.406. The Morgan fingerprint density at radius 1 is 0.714 bits per heavy atom. The van der Waals surface area contributed by atoms with Crippen molar-refractivity contribution in [2.75, 3.05) is 9.80 Å². The number of hydrogen-bond acceptors (Lipinski definition) is 4. The minimum atomic E-state index is -0.415. The largest absolute Gasteiger partial charge is 0.269 e. The lowest BCUT2D eigenvalue weighted by atomic mass is 10.1. The first-order valence-electron chi connectivity index (χ1n) is 6.22. The maximum Gasteiger partial charge on any atom is 0.258 e. The lowest BCUT2D eigenvalue weighted by Crippen LogP contribution is -2.31. The van der Waals surface area contributed by atoms with Gasteiger partial charge in [0.2, 0.25) is 0 Å². The molecule has 1 aromatic rings. The molecule has 2 aliphatic rings. The number of rotatable bonds is 2. The molecule has 0 radical (unpaired) electrons. The predicted octanol–water partition coefficient (Wildman–Crippen LogP) is 0.854. The van der Waals surface area contributed by atoms with Crippen molar-refractivity contribution < 1.29 is 19.2 Å². The molecule has 2 aliphatic heterocycles. The monoisotopic (exact) mass is 282 g/mol. The highest BCUT2D eigenvalue weighted by Crippen LogP contribution is 2.29. The molecular formula is C15H10N2O4. The zero-order valence-electron chi connectivity index (χ0n) is 11.1. The van der Waals surface area contributed by atoms with E-state index < -0.39 is 23.6 Å². The van der Waals surface area contributed by atoms with Gasteiger partial charge in [-0.2, -0.15) is 0 Å². The van der Waals surface area contributed by atoms with E-state index >= 15 is 0 Å². The second-order valence-electron chi connectivity index (χ2n) is 4.66. The smallest absolute Gasteiger partial charge is 0.258 e. The van der Waals surface area contributed by atoms with Gasteiger partial charge in [-0.25, -0.2) is 9.80 Å². The Morgan fingerprint density at radius 2 is 1.19 bits per heavy atom. The summed E-state index contributed by atoms with van der Waals surface area (Å²) in [4.78, 5) is 48.7. The Morgan fingerprint density at radius 3 is 1.67 bits per heavy atom. The number of nitrogens with zero attached hydrogens (tertiary/aromatic N) is 2. The van der Waals surface area contributed by atoms with Gasteiger partial charge in [-0.05, 0) is 30.7 Å². The summed E-state index contributed by atoms with van der Waals surface area (Å²) >= 11 is 0. The van der Waals surface area contributed by atoms with Gasteiger partial charge in [-0.1, -0.05) is 0 Å². The Balaban J connectivity index is 1.98. The molecule has 4 amide bonds. The standard InChI is InChI=1S/C15H10N2O4/c1-9-8-10(16-12(18)4-5-13(16)19)2-3-11(9)17-14(20)6-7-15(17)21/h2-8H,1H3. The number of imide groups is 2. The highest BCUT2D eigenvalue weighted by molar-refractivity contribution is 6.29. The Hall–Kier alpha value is -3.02. The molecule has 0 fully saturated rings. The number of anilines is 2. The van der Waals surface area contributed by atoms with Gasteiger partial charge in [-0.3, -0.25) is 19.2 Å². The quantitative estimate of drug-likeness (QED) is 0.754. The van der Waals surface area contributed by atoms with E-state index in [1.54, 1.807) is 19.1 Å². The number of aryl methyl sites for hydroxylation is 1. The lowest BCUT2D eigenvalue weighted by Gasteiger charge is -2.20. The zero-order chi connectivity index (χ0) is 15.1. The second-order valence-corrected chi connectivity index (χ2v) is 4.66. The molecule has 21 heavy (non-hydrogen) atoms. The normalized spacial score (nSPS) is 17.6. The van der Waals surface area contributed by atoms with Crippen LogP contribution in [0.4, 0.5) is 11.4 Å². The summed E-state index contributed by atoms with van der Waals surface area (Å²) in [6.07, 6.45) is 4.80. The molecule has 2 heterocycles. The van der Waals surface area contributed by atoms with Crippen LogP contribution in [0.1, 0.15) is 5.56 Å². The first-order chi connectivity index (χ1) is 9.99. The summed E-state index contributed by atoms with van der Waals surface area (Å²) in [6, 6.07) is 4.67. The molecule has 0 unspecified atom stereocenters. The summed E-state index contributed by atoms with van der Waals surface area (Å²) in [5, 5.41) is 0. The molecule has 6 heteroatoms. The Kier molecular flexibility index (Phi) is 2.79. The van der Waals surface area contributed by atoms with Crippen molar-refractivity contribution in [2.45, 2.75) is 6.92 Å². The van der Waals surface area contributed by atoms with Gasteiger partial charge in [0.25, 0.3) is 23.6 Å². The predicted molar refractivity (Wildman–Crippen MR) is 74.4 cm³/mol. The Bertz CT molecular complexity index is 725. The van der Waals surface area contributed by atoms with Crippen LogP contribution in [0.3, 0.4) is 0 Å². The molecule has 0 saturated heterocycles. The molecular weight excluding hydrogens is 272 g/mol. The molecule has 3 rings (SSSR count). The second kappa shape index (κ2) is 4.52. The molecule has 0 aromatic heterocycles. The fraction of sp³-hybridized carbons (Fsp3) is 0.0667. The van der Waals surface area contributed by atoms with E-state index in [9.17, 15) is 19.2 Å². The average molecular weight is 282 g/mol. The minimum Gasteiger partial charge on any atom is -0.269 e. The number of carbonyl (C=O) groups is 4. The van der Waals surface area contributed by atoms with Crippen LogP contribution in [-0.4, -0.2) is 23.6 Å². The molecule has 104 valence electrons. The third-order valence-corrected chi connectivity index (χ3v) is 3.30. The van der Waals surface area contributed by atoms with E-state index in [2.05, 4.69) is 0 Å².